The zero-order valence-corrected chi connectivity index (χ0v) is 12.5. The molecule has 1 aromatic rings. The molecule has 1 aliphatic rings. The molecule has 4 nitrogen and oxygen atoms in total. The van der Waals surface area contributed by atoms with E-state index in [0.29, 0.717) is 4.90 Å². The highest BCUT2D eigenvalue weighted by Gasteiger charge is 2.31. The van der Waals surface area contributed by atoms with Crippen LogP contribution in [0.15, 0.2) is 29.2 Å². The van der Waals surface area contributed by atoms with Crippen molar-refractivity contribution in [2.45, 2.75) is 56.0 Å². The van der Waals surface area contributed by atoms with Gasteiger partial charge in [0.05, 0.1) is 4.90 Å². The second-order valence-corrected chi connectivity index (χ2v) is 7.96. The van der Waals surface area contributed by atoms with Gasteiger partial charge in [-0.15, -0.1) is 0 Å². The summed E-state index contributed by atoms with van der Waals surface area (Å²) in [5.41, 5.74) is 6.90. The third-order valence-corrected chi connectivity index (χ3v) is 5.17. The summed E-state index contributed by atoms with van der Waals surface area (Å²) in [6.45, 7) is 6.30. The molecule has 1 aliphatic carbocycles. The van der Waals surface area contributed by atoms with Crippen molar-refractivity contribution < 1.29 is 8.42 Å². The molecule has 0 aromatic heterocycles. The van der Waals surface area contributed by atoms with Gasteiger partial charge in [-0.25, -0.2) is 13.1 Å². The minimum absolute atomic E-state index is 0.0199. The summed E-state index contributed by atoms with van der Waals surface area (Å²) in [6, 6.07) is 6.89. The number of hydrogen-bond acceptors (Lipinski definition) is 3. The van der Waals surface area contributed by atoms with E-state index in [1.54, 1.807) is 12.1 Å². The van der Waals surface area contributed by atoms with E-state index >= 15 is 0 Å². The maximum absolute atomic E-state index is 12.2. The summed E-state index contributed by atoms with van der Waals surface area (Å²) >= 11 is 0. The molecule has 0 radical (unpaired) electrons. The molecule has 5 heteroatoms. The number of nitrogens with one attached hydrogen (secondary N) is 1. The van der Waals surface area contributed by atoms with Gasteiger partial charge in [-0.1, -0.05) is 32.9 Å². The van der Waals surface area contributed by atoms with Crippen LogP contribution >= 0.6 is 0 Å². The summed E-state index contributed by atoms with van der Waals surface area (Å²) < 4.78 is 27.0. The van der Waals surface area contributed by atoms with Crippen LogP contribution in [-0.4, -0.2) is 20.5 Å². The van der Waals surface area contributed by atoms with E-state index in [1.807, 2.05) is 12.1 Å². The van der Waals surface area contributed by atoms with E-state index < -0.39 is 10.0 Å². The Hall–Kier alpha value is -0.910. The van der Waals surface area contributed by atoms with Crippen molar-refractivity contribution in [3.8, 4) is 0 Å². The lowest BCUT2D eigenvalue weighted by Crippen LogP contribution is -2.54. The van der Waals surface area contributed by atoms with Gasteiger partial charge in [0.15, 0.2) is 0 Å². The third kappa shape index (κ3) is 3.16. The van der Waals surface area contributed by atoms with Gasteiger partial charge in [-0.3, -0.25) is 0 Å². The van der Waals surface area contributed by atoms with E-state index in [-0.39, 0.29) is 17.5 Å². The molecule has 1 aromatic carbocycles. The Morgan fingerprint density at radius 1 is 1.16 bits per heavy atom. The molecule has 0 bridgehead atoms. The lowest BCUT2D eigenvalue weighted by Gasteiger charge is -2.33. The zero-order chi connectivity index (χ0) is 14.3. The standard InChI is InChI=1S/C14H22N2O2S/c1-14(2,3)10-4-6-11(7-5-10)19(17,18)16-13-9-8-12(13)15/h4-7,12-13,16H,8-9,15H2,1-3H3/t12-,13+/m0/s1. The fourth-order valence-corrected chi connectivity index (χ4v) is 3.40. The minimum Gasteiger partial charge on any atom is -0.326 e. The van der Waals surface area contributed by atoms with E-state index in [4.69, 9.17) is 5.73 Å². The van der Waals surface area contributed by atoms with Gasteiger partial charge in [-0.2, -0.15) is 0 Å². The summed E-state index contributed by atoms with van der Waals surface area (Å²) in [7, 11) is -3.45. The maximum Gasteiger partial charge on any atom is 0.240 e. The summed E-state index contributed by atoms with van der Waals surface area (Å²) in [6.07, 6.45) is 1.70. The molecule has 0 aliphatic heterocycles. The topological polar surface area (TPSA) is 72.2 Å². The van der Waals surface area contributed by atoms with Crippen molar-refractivity contribution in [1.82, 2.24) is 4.72 Å². The van der Waals surface area contributed by atoms with Crippen LogP contribution in [0.4, 0.5) is 0 Å². The zero-order valence-electron chi connectivity index (χ0n) is 11.7. The van der Waals surface area contributed by atoms with Crippen molar-refractivity contribution >= 4 is 10.0 Å². The summed E-state index contributed by atoms with van der Waals surface area (Å²) in [5.74, 6) is 0. The molecular weight excluding hydrogens is 260 g/mol. The van der Waals surface area contributed by atoms with Crippen LogP contribution in [-0.2, 0) is 15.4 Å². The lowest BCUT2D eigenvalue weighted by molar-refractivity contribution is 0.321. The average molecular weight is 282 g/mol. The van der Waals surface area contributed by atoms with Crippen molar-refractivity contribution in [1.29, 1.82) is 0 Å². The highest BCUT2D eigenvalue weighted by Crippen LogP contribution is 2.24. The van der Waals surface area contributed by atoms with Crippen molar-refractivity contribution in [3.05, 3.63) is 29.8 Å². The van der Waals surface area contributed by atoms with E-state index in [1.165, 1.54) is 0 Å². The van der Waals surface area contributed by atoms with Crippen LogP contribution in [0.1, 0.15) is 39.2 Å². The Morgan fingerprint density at radius 3 is 2.11 bits per heavy atom. The molecule has 0 amide bonds. The fraction of sp³-hybridized carbons (Fsp3) is 0.571. The number of nitrogens with two attached hydrogens (primary N) is 1. The molecule has 19 heavy (non-hydrogen) atoms. The molecule has 0 spiro atoms. The summed E-state index contributed by atoms with van der Waals surface area (Å²) in [5, 5.41) is 0. The lowest BCUT2D eigenvalue weighted by atomic mass is 9.87. The SMILES string of the molecule is CC(C)(C)c1ccc(S(=O)(=O)N[C@@H]2CC[C@@H]2N)cc1. The number of benzene rings is 1. The van der Waals surface area contributed by atoms with E-state index in [2.05, 4.69) is 25.5 Å². The van der Waals surface area contributed by atoms with Gasteiger partial charge < -0.3 is 5.73 Å². The predicted molar refractivity (Wildman–Crippen MR) is 76.5 cm³/mol. The van der Waals surface area contributed by atoms with Gasteiger partial charge in [0, 0.05) is 12.1 Å². The Bertz CT molecular complexity index is 544. The highest BCUT2D eigenvalue weighted by atomic mass is 32.2. The number of rotatable bonds is 3. The largest absolute Gasteiger partial charge is 0.326 e. The fourth-order valence-electron chi connectivity index (χ4n) is 2.07. The van der Waals surface area contributed by atoms with Gasteiger partial charge in [0.25, 0.3) is 0 Å². The monoisotopic (exact) mass is 282 g/mol. The van der Waals surface area contributed by atoms with Crippen molar-refractivity contribution in [3.63, 3.8) is 0 Å². The maximum atomic E-state index is 12.2. The second kappa shape index (κ2) is 4.89. The van der Waals surface area contributed by atoms with Gasteiger partial charge in [-0.05, 0) is 36.0 Å². The van der Waals surface area contributed by atoms with E-state index in [0.717, 1.165) is 18.4 Å². The Kier molecular flexibility index (Phi) is 3.73. The molecule has 2 atom stereocenters. The highest BCUT2D eigenvalue weighted by molar-refractivity contribution is 7.89. The van der Waals surface area contributed by atoms with Crippen molar-refractivity contribution in [2.24, 2.45) is 5.73 Å². The first-order chi connectivity index (χ1) is 8.70. The quantitative estimate of drug-likeness (QED) is 0.887. The Morgan fingerprint density at radius 2 is 1.74 bits per heavy atom. The van der Waals surface area contributed by atoms with Crippen LogP contribution < -0.4 is 10.5 Å². The normalized spacial score (nSPS) is 24.0. The molecule has 0 unspecified atom stereocenters. The molecule has 1 saturated carbocycles. The molecular formula is C14H22N2O2S. The molecule has 1 fully saturated rings. The molecule has 0 saturated heterocycles. The Balaban J connectivity index is 2.17. The first-order valence-corrected chi connectivity index (χ1v) is 8.07. The van der Waals surface area contributed by atoms with E-state index in [9.17, 15) is 8.42 Å². The first-order valence-electron chi connectivity index (χ1n) is 6.58. The minimum atomic E-state index is -3.45. The smallest absolute Gasteiger partial charge is 0.240 e. The third-order valence-electron chi connectivity index (χ3n) is 3.66. The summed E-state index contributed by atoms with van der Waals surface area (Å²) in [4.78, 5) is 0.305. The molecule has 0 heterocycles. The van der Waals surface area contributed by atoms with Crippen LogP contribution in [0, 0.1) is 0 Å². The van der Waals surface area contributed by atoms with Crippen molar-refractivity contribution in [2.75, 3.05) is 0 Å². The molecule has 3 N–H and O–H groups in total. The van der Waals surface area contributed by atoms with Gasteiger partial charge in [0.2, 0.25) is 10.0 Å². The van der Waals surface area contributed by atoms with Gasteiger partial charge in [0.1, 0.15) is 0 Å². The van der Waals surface area contributed by atoms with Crippen LogP contribution in [0.2, 0.25) is 0 Å². The Labute approximate surface area is 115 Å². The van der Waals surface area contributed by atoms with Crippen LogP contribution in [0.3, 0.4) is 0 Å². The van der Waals surface area contributed by atoms with Crippen LogP contribution in [0.25, 0.3) is 0 Å². The number of sulfonamides is 1. The second-order valence-electron chi connectivity index (χ2n) is 6.24. The average Bonchev–Trinajstić information content (AvgIpc) is 2.33. The molecule has 2 rings (SSSR count). The predicted octanol–water partition coefficient (Wildman–Crippen LogP) is 1.75. The van der Waals surface area contributed by atoms with Crippen LogP contribution in [0.5, 0.6) is 0 Å². The number of hydrogen-bond donors (Lipinski definition) is 2. The first kappa shape index (κ1) is 14.5. The van der Waals surface area contributed by atoms with Gasteiger partial charge >= 0.3 is 0 Å². The molecule has 106 valence electrons.